The van der Waals surface area contributed by atoms with Crippen molar-refractivity contribution in [2.45, 2.75) is 44.3 Å². The van der Waals surface area contributed by atoms with Gasteiger partial charge in [-0.15, -0.1) is 0 Å². The Morgan fingerprint density at radius 2 is 2.03 bits per heavy atom. The highest BCUT2D eigenvalue weighted by Gasteiger charge is 2.27. The van der Waals surface area contributed by atoms with E-state index < -0.39 is 32.7 Å². The molecule has 0 fully saturated rings. The standard InChI is InChI=1S/C19H27FN4O3S2/c1-14(2)13-24-10-9-21-18(24)12-22-19(25)16(8-11-28-3)23-29(26,27)17-7-5-4-6-15(17)20/h4-7,9-10,14,16,23H,8,11-13H2,1-3H3,(H,22,25). The lowest BCUT2D eigenvalue weighted by Gasteiger charge is -2.19. The minimum atomic E-state index is -4.18. The van der Waals surface area contributed by atoms with Gasteiger partial charge in [0.05, 0.1) is 6.54 Å². The first-order valence-corrected chi connectivity index (χ1v) is 12.2. The van der Waals surface area contributed by atoms with Crippen molar-refractivity contribution in [3.8, 4) is 0 Å². The van der Waals surface area contributed by atoms with E-state index in [-0.39, 0.29) is 13.0 Å². The van der Waals surface area contributed by atoms with E-state index in [1.54, 1.807) is 6.20 Å². The van der Waals surface area contributed by atoms with E-state index in [2.05, 4.69) is 28.9 Å². The molecule has 1 atom stereocenters. The van der Waals surface area contributed by atoms with Crippen molar-refractivity contribution in [2.75, 3.05) is 12.0 Å². The summed E-state index contributed by atoms with van der Waals surface area (Å²) in [5, 5.41) is 2.74. The Balaban J connectivity index is 2.10. The Labute approximate surface area is 175 Å². The van der Waals surface area contributed by atoms with Gasteiger partial charge in [-0.2, -0.15) is 16.5 Å². The Morgan fingerprint density at radius 3 is 2.69 bits per heavy atom. The van der Waals surface area contributed by atoms with Gasteiger partial charge in [-0.3, -0.25) is 4.79 Å². The smallest absolute Gasteiger partial charge is 0.244 e. The molecule has 10 heteroatoms. The number of carbonyl (C=O) groups excluding carboxylic acids is 1. The van der Waals surface area contributed by atoms with E-state index in [0.29, 0.717) is 17.5 Å². The fourth-order valence-corrected chi connectivity index (χ4v) is 4.53. The van der Waals surface area contributed by atoms with Crippen LogP contribution in [0.3, 0.4) is 0 Å². The molecule has 0 aliphatic carbocycles. The molecule has 29 heavy (non-hydrogen) atoms. The SMILES string of the molecule is CSCCC(NS(=O)(=O)c1ccccc1F)C(=O)NCc1nccn1CC(C)C. The van der Waals surface area contributed by atoms with Gasteiger partial charge >= 0.3 is 0 Å². The van der Waals surface area contributed by atoms with E-state index in [9.17, 15) is 17.6 Å². The molecule has 2 aromatic rings. The number of amides is 1. The zero-order valence-corrected chi connectivity index (χ0v) is 18.4. The van der Waals surface area contributed by atoms with Crippen LogP contribution in [0.4, 0.5) is 4.39 Å². The first-order chi connectivity index (χ1) is 13.7. The van der Waals surface area contributed by atoms with Crippen molar-refractivity contribution in [1.29, 1.82) is 0 Å². The number of hydrogen-bond acceptors (Lipinski definition) is 5. The van der Waals surface area contributed by atoms with Gasteiger partial charge in [0.15, 0.2) is 0 Å². The lowest BCUT2D eigenvalue weighted by molar-refractivity contribution is -0.123. The third-order valence-electron chi connectivity index (χ3n) is 4.14. The number of halogens is 1. The Morgan fingerprint density at radius 1 is 1.31 bits per heavy atom. The van der Waals surface area contributed by atoms with E-state index in [1.165, 1.54) is 30.0 Å². The summed E-state index contributed by atoms with van der Waals surface area (Å²) in [6, 6.07) is 4.07. The summed E-state index contributed by atoms with van der Waals surface area (Å²) in [5.74, 6) is 0.339. The average Bonchev–Trinajstić information content (AvgIpc) is 3.09. The maximum atomic E-state index is 13.9. The summed E-state index contributed by atoms with van der Waals surface area (Å²) in [5.41, 5.74) is 0. The second kappa shape index (κ2) is 10.7. The van der Waals surface area contributed by atoms with Crippen molar-refractivity contribution < 1.29 is 17.6 Å². The molecule has 0 aliphatic rings. The predicted octanol–water partition coefficient (Wildman–Crippen LogP) is 2.39. The molecule has 160 valence electrons. The number of imidazole rings is 1. The Bertz CT molecular complexity index is 916. The molecule has 1 aromatic carbocycles. The van der Waals surface area contributed by atoms with Gasteiger partial charge in [0.1, 0.15) is 22.6 Å². The van der Waals surface area contributed by atoms with Crippen molar-refractivity contribution in [1.82, 2.24) is 19.6 Å². The van der Waals surface area contributed by atoms with E-state index in [1.807, 2.05) is 17.0 Å². The van der Waals surface area contributed by atoms with Crippen molar-refractivity contribution >= 4 is 27.7 Å². The summed E-state index contributed by atoms with van der Waals surface area (Å²) >= 11 is 1.49. The third-order valence-corrected chi connectivity index (χ3v) is 6.28. The van der Waals surface area contributed by atoms with E-state index in [0.717, 1.165) is 12.6 Å². The zero-order valence-electron chi connectivity index (χ0n) is 16.8. The lowest BCUT2D eigenvalue weighted by Crippen LogP contribution is -2.47. The van der Waals surface area contributed by atoms with Crippen LogP contribution in [0, 0.1) is 11.7 Å². The van der Waals surface area contributed by atoms with Gasteiger partial charge in [0.2, 0.25) is 15.9 Å². The molecule has 1 unspecified atom stereocenters. The van der Waals surface area contributed by atoms with E-state index >= 15 is 0 Å². The number of rotatable bonds is 11. The van der Waals surface area contributed by atoms with Crippen LogP contribution in [-0.2, 0) is 27.9 Å². The number of aromatic nitrogens is 2. The van der Waals surface area contributed by atoms with Crippen LogP contribution < -0.4 is 10.0 Å². The zero-order chi connectivity index (χ0) is 21.4. The Kier molecular flexibility index (Phi) is 8.66. The molecule has 2 N–H and O–H groups in total. The van der Waals surface area contributed by atoms with Gasteiger partial charge in [-0.25, -0.2) is 17.8 Å². The molecule has 0 radical (unpaired) electrons. The highest BCUT2D eigenvalue weighted by Crippen LogP contribution is 2.15. The molecule has 0 aliphatic heterocycles. The molecule has 0 saturated carbocycles. The summed E-state index contributed by atoms with van der Waals surface area (Å²) in [7, 11) is -4.18. The predicted molar refractivity (Wildman–Crippen MR) is 112 cm³/mol. The van der Waals surface area contributed by atoms with Crippen LogP contribution in [0.25, 0.3) is 0 Å². The number of nitrogens with one attached hydrogen (secondary N) is 2. The van der Waals surface area contributed by atoms with Gasteiger partial charge < -0.3 is 9.88 Å². The number of nitrogens with zero attached hydrogens (tertiary/aromatic N) is 2. The molecular formula is C19H27FN4O3S2. The highest BCUT2D eigenvalue weighted by molar-refractivity contribution is 7.98. The fraction of sp³-hybridized carbons (Fsp3) is 0.474. The molecule has 1 aromatic heterocycles. The van der Waals surface area contributed by atoms with Crippen LogP contribution in [0.15, 0.2) is 41.6 Å². The normalized spacial score (nSPS) is 12.9. The largest absolute Gasteiger partial charge is 0.347 e. The number of hydrogen-bond donors (Lipinski definition) is 2. The van der Waals surface area contributed by atoms with Crippen LogP contribution in [0.2, 0.25) is 0 Å². The number of carbonyl (C=O) groups is 1. The molecule has 0 saturated heterocycles. The molecular weight excluding hydrogens is 415 g/mol. The molecule has 7 nitrogen and oxygen atoms in total. The van der Waals surface area contributed by atoms with Crippen molar-refractivity contribution in [2.24, 2.45) is 5.92 Å². The second-order valence-electron chi connectivity index (χ2n) is 6.99. The van der Waals surface area contributed by atoms with Crippen LogP contribution in [-0.4, -0.2) is 41.9 Å². The summed E-state index contributed by atoms with van der Waals surface area (Å²) < 4.78 is 43.4. The van der Waals surface area contributed by atoms with Crippen LogP contribution in [0.1, 0.15) is 26.1 Å². The number of benzene rings is 1. The monoisotopic (exact) mass is 442 g/mol. The molecule has 1 amide bonds. The topological polar surface area (TPSA) is 93.1 Å². The van der Waals surface area contributed by atoms with Crippen LogP contribution in [0.5, 0.6) is 0 Å². The van der Waals surface area contributed by atoms with Gasteiger partial charge in [0.25, 0.3) is 0 Å². The third kappa shape index (κ3) is 6.83. The average molecular weight is 443 g/mol. The van der Waals surface area contributed by atoms with Crippen molar-refractivity contribution in [3.05, 3.63) is 48.3 Å². The molecule has 1 heterocycles. The first kappa shape index (κ1) is 23.4. The fourth-order valence-electron chi connectivity index (χ4n) is 2.75. The van der Waals surface area contributed by atoms with Crippen LogP contribution >= 0.6 is 11.8 Å². The van der Waals surface area contributed by atoms with Gasteiger partial charge in [-0.1, -0.05) is 26.0 Å². The minimum absolute atomic E-state index is 0.176. The quantitative estimate of drug-likeness (QED) is 0.557. The van der Waals surface area contributed by atoms with Crippen molar-refractivity contribution in [3.63, 3.8) is 0 Å². The summed E-state index contributed by atoms with van der Waals surface area (Å²) in [4.78, 5) is 16.5. The van der Waals surface area contributed by atoms with E-state index in [4.69, 9.17) is 0 Å². The lowest BCUT2D eigenvalue weighted by atomic mass is 10.2. The second-order valence-corrected chi connectivity index (χ2v) is 9.66. The summed E-state index contributed by atoms with van der Waals surface area (Å²) in [6.45, 7) is 5.10. The number of sulfonamides is 1. The number of thioether (sulfide) groups is 1. The maximum Gasteiger partial charge on any atom is 0.244 e. The van der Waals surface area contributed by atoms with Gasteiger partial charge in [0, 0.05) is 18.9 Å². The summed E-state index contributed by atoms with van der Waals surface area (Å²) in [6.07, 6.45) is 5.65. The highest BCUT2D eigenvalue weighted by atomic mass is 32.2. The van der Waals surface area contributed by atoms with Gasteiger partial charge in [-0.05, 0) is 36.5 Å². The molecule has 0 spiro atoms. The molecule has 0 bridgehead atoms. The minimum Gasteiger partial charge on any atom is -0.347 e. The first-order valence-electron chi connectivity index (χ1n) is 9.28. The maximum absolute atomic E-state index is 13.9. The molecule has 2 rings (SSSR count). The Hall–Kier alpha value is -1.91.